The molecule has 2 N–H and O–H groups in total. The van der Waals surface area contributed by atoms with Crippen LogP contribution in [0.15, 0.2) is 72.8 Å². The molecule has 133 valence electrons. The fourth-order valence-corrected chi connectivity index (χ4v) is 1.77. The van der Waals surface area contributed by atoms with Gasteiger partial charge in [0.05, 0.1) is 0 Å². The number of allylic oxidation sites excluding steroid dienone is 2. The van der Waals surface area contributed by atoms with Crippen LogP contribution < -0.4 is 0 Å². The van der Waals surface area contributed by atoms with Gasteiger partial charge in [0.1, 0.15) is 11.5 Å². The normalized spacial score (nSPS) is 10.8. The molecule has 0 aliphatic carbocycles. The third-order valence-corrected chi connectivity index (χ3v) is 2.82. The van der Waals surface area contributed by atoms with E-state index < -0.39 is 0 Å². The summed E-state index contributed by atoms with van der Waals surface area (Å²) in [5.41, 5.74) is 1.32. The van der Waals surface area contributed by atoms with Crippen molar-refractivity contribution in [2.24, 2.45) is 0 Å². The van der Waals surface area contributed by atoms with Gasteiger partial charge in [-0.25, -0.2) is 0 Å². The van der Waals surface area contributed by atoms with Crippen molar-refractivity contribution in [1.29, 1.82) is 0 Å². The van der Waals surface area contributed by atoms with Gasteiger partial charge in [0.15, 0.2) is 11.6 Å². The summed E-state index contributed by atoms with van der Waals surface area (Å²) in [5, 5.41) is 18.7. The molecule has 0 bridgehead atoms. The number of carbonyl (C=O) groups excluding carboxylic acids is 2. The van der Waals surface area contributed by atoms with Crippen molar-refractivity contribution in [3.63, 3.8) is 0 Å². The van der Waals surface area contributed by atoms with Crippen LogP contribution in [0.2, 0.25) is 0 Å². The van der Waals surface area contributed by atoms with Crippen molar-refractivity contribution in [3.05, 3.63) is 83.9 Å². The van der Waals surface area contributed by atoms with Crippen molar-refractivity contribution >= 4 is 23.1 Å². The number of aliphatic hydroxyl groups excluding tert-OH is 2. The predicted octanol–water partition coefficient (Wildman–Crippen LogP) is 4.35. The zero-order chi connectivity index (χ0) is 17.9. The minimum atomic E-state index is -0.156. The molecular formula is C20H20CoO4. The fourth-order valence-electron chi connectivity index (χ4n) is 1.77. The van der Waals surface area contributed by atoms with Crippen molar-refractivity contribution < 1.29 is 36.6 Å². The van der Waals surface area contributed by atoms with Crippen LogP contribution in [0.1, 0.15) is 25.0 Å². The van der Waals surface area contributed by atoms with E-state index in [1.807, 2.05) is 12.1 Å². The first-order chi connectivity index (χ1) is 11.4. The number of carbonyl (C=O) groups is 2. The summed E-state index contributed by atoms with van der Waals surface area (Å²) in [6.07, 6.45) is 2.41. The molecule has 0 heterocycles. The molecule has 2 aromatic carbocycles. The van der Waals surface area contributed by atoms with Crippen LogP contribution >= 0.6 is 0 Å². The van der Waals surface area contributed by atoms with E-state index in [2.05, 4.69) is 0 Å². The number of aliphatic hydroxyl groups is 2. The number of hydrogen-bond donors (Lipinski definition) is 2. The molecule has 25 heavy (non-hydrogen) atoms. The second-order valence-corrected chi connectivity index (χ2v) is 5.01. The van der Waals surface area contributed by atoms with Crippen LogP contribution in [0.5, 0.6) is 0 Å². The minimum absolute atomic E-state index is 0. The van der Waals surface area contributed by atoms with E-state index in [4.69, 9.17) is 0 Å². The van der Waals surface area contributed by atoms with Crippen molar-refractivity contribution in [2.45, 2.75) is 13.8 Å². The molecule has 1 radical (unpaired) electrons. The van der Waals surface area contributed by atoms with Crippen molar-refractivity contribution in [3.8, 4) is 0 Å². The maximum atomic E-state index is 10.6. The Hall–Kier alpha value is -2.63. The third kappa shape index (κ3) is 9.29. The minimum Gasteiger partial charge on any atom is -0.507 e. The molecule has 0 aliphatic rings. The summed E-state index contributed by atoms with van der Waals surface area (Å²) in [4.78, 5) is 21.2. The van der Waals surface area contributed by atoms with E-state index >= 15 is 0 Å². The second kappa shape index (κ2) is 11.8. The number of rotatable bonds is 4. The van der Waals surface area contributed by atoms with Gasteiger partial charge in [-0.1, -0.05) is 60.7 Å². The van der Waals surface area contributed by atoms with Crippen LogP contribution in [0.4, 0.5) is 0 Å². The number of benzene rings is 2. The molecule has 2 rings (SSSR count). The Bertz CT molecular complexity index is 669. The van der Waals surface area contributed by atoms with Gasteiger partial charge < -0.3 is 10.2 Å². The molecule has 0 fully saturated rings. The second-order valence-electron chi connectivity index (χ2n) is 5.01. The zero-order valence-electron chi connectivity index (χ0n) is 14.0. The largest absolute Gasteiger partial charge is 0.507 e. The summed E-state index contributed by atoms with van der Waals surface area (Å²) < 4.78 is 0. The maximum Gasteiger partial charge on any atom is 0.156 e. The Kier molecular flexibility index (Phi) is 10.6. The van der Waals surface area contributed by atoms with Gasteiger partial charge >= 0.3 is 0 Å². The average Bonchev–Trinajstić information content (AvgIpc) is 2.56. The Morgan fingerprint density at radius 3 is 1.20 bits per heavy atom. The monoisotopic (exact) mass is 383 g/mol. The number of ketones is 2. The molecule has 0 aromatic heterocycles. The summed E-state index contributed by atoms with van der Waals surface area (Å²) >= 11 is 0. The van der Waals surface area contributed by atoms with Gasteiger partial charge in [-0.05, 0) is 13.8 Å². The first-order valence-corrected chi connectivity index (χ1v) is 7.33. The van der Waals surface area contributed by atoms with E-state index in [0.717, 1.165) is 0 Å². The molecule has 0 saturated carbocycles. The van der Waals surface area contributed by atoms with Crippen LogP contribution in [-0.2, 0) is 26.4 Å². The summed E-state index contributed by atoms with van der Waals surface area (Å²) in [7, 11) is 0. The smallest absolute Gasteiger partial charge is 0.156 e. The first-order valence-electron chi connectivity index (χ1n) is 7.33. The molecule has 0 amide bonds. The molecule has 0 aliphatic heterocycles. The van der Waals surface area contributed by atoms with Crippen LogP contribution in [-0.4, -0.2) is 21.8 Å². The SMILES string of the molecule is CC(=O)/C=C(\O)c1ccccc1.CC(=O)/C=C(\O)c1ccccc1.[Co]. The van der Waals surface area contributed by atoms with Gasteiger partial charge in [0.25, 0.3) is 0 Å². The third-order valence-electron chi connectivity index (χ3n) is 2.82. The number of hydrogen-bond acceptors (Lipinski definition) is 4. The van der Waals surface area contributed by atoms with Gasteiger partial charge in [-0.2, -0.15) is 0 Å². The molecule has 0 spiro atoms. The van der Waals surface area contributed by atoms with Crippen LogP contribution in [0.3, 0.4) is 0 Å². The quantitative estimate of drug-likeness (QED) is 0.608. The van der Waals surface area contributed by atoms with E-state index in [1.54, 1.807) is 48.5 Å². The first kappa shape index (κ1) is 22.4. The van der Waals surface area contributed by atoms with E-state index in [0.29, 0.717) is 11.1 Å². The van der Waals surface area contributed by atoms with Crippen molar-refractivity contribution in [2.75, 3.05) is 0 Å². The fraction of sp³-hybridized carbons (Fsp3) is 0.100. The molecule has 2 aromatic rings. The van der Waals surface area contributed by atoms with Gasteiger partial charge in [0, 0.05) is 40.1 Å². The molecule has 5 heteroatoms. The molecular weight excluding hydrogens is 363 g/mol. The van der Waals surface area contributed by atoms with E-state index in [-0.39, 0.29) is 39.9 Å². The molecule has 0 saturated heterocycles. The standard InChI is InChI=1S/2C10H10O2.Co/c2*1-8(11)7-10(12)9-5-3-2-4-6-9;/h2*2-7,12H,1H3;/b2*10-7-;. The predicted molar refractivity (Wildman–Crippen MR) is 95.5 cm³/mol. The van der Waals surface area contributed by atoms with E-state index in [9.17, 15) is 19.8 Å². The van der Waals surface area contributed by atoms with Crippen LogP contribution in [0, 0.1) is 0 Å². The molecule has 4 nitrogen and oxygen atoms in total. The average molecular weight is 383 g/mol. The Labute approximate surface area is 157 Å². The van der Waals surface area contributed by atoms with Gasteiger partial charge in [-0.3, -0.25) is 9.59 Å². The maximum absolute atomic E-state index is 10.6. The Balaban J connectivity index is 0.000000443. The topological polar surface area (TPSA) is 74.6 Å². The molecule has 0 atom stereocenters. The van der Waals surface area contributed by atoms with E-state index in [1.165, 1.54) is 26.0 Å². The summed E-state index contributed by atoms with van der Waals surface area (Å²) in [5.74, 6) is -0.279. The summed E-state index contributed by atoms with van der Waals surface area (Å²) in [6.45, 7) is 2.80. The van der Waals surface area contributed by atoms with Crippen molar-refractivity contribution in [1.82, 2.24) is 0 Å². The van der Waals surface area contributed by atoms with Gasteiger partial charge in [-0.15, -0.1) is 0 Å². The summed E-state index contributed by atoms with van der Waals surface area (Å²) in [6, 6.07) is 17.9. The van der Waals surface area contributed by atoms with Gasteiger partial charge in [0.2, 0.25) is 0 Å². The molecule has 0 unspecified atom stereocenters. The zero-order valence-corrected chi connectivity index (χ0v) is 15.0. The Morgan fingerprint density at radius 1 is 0.680 bits per heavy atom. The van der Waals surface area contributed by atoms with Crippen LogP contribution in [0.25, 0.3) is 11.5 Å². The Morgan fingerprint density at radius 2 is 0.960 bits per heavy atom.